The summed E-state index contributed by atoms with van der Waals surface area (Å²) >= 11 is 1.02. The lowest BCUT2D eigenvalue weighted by atomic mass is 10.1. The summed E-state index contributed by atoms with van der Waals surface area (Å²) in [5.41, 5.74) is -0.832. The van der Waals surface area contributed by atoms with E-state index in [0.29, 0.717) is 36.4 Å². The van der Waals surface area contributed by atoms with Gasteiger partial charge in [-0.1, -0.05) is 13.8 Å². The van der Waals surface area contributed by atoms with E-state index in [9.17, 15) is 13.2 Å². The van der Waals surface area contributed by atoms with Crippen LogP contribution in [0.2, 0.25) is 0 Å². The van der Waals surface area contributed by atoms with Crippen LogP contribution in [-0.4, -0.2) is 45.3 Å². The minimum Gasteiger partial charge on any atom is -0.356 e. The number of fused-ring (bicyclic) bond motifs is 1. The summed E-state index contributed by atoms with van der Waals surface area (Å²) < 4.78 is 39.8. The van der Waals surface area contributed by atoms with E-state index < -0.39 is 11.9 Å². The highest BCUT2D eigenvalue weighted by Gasteiger charge is 2.33. The summed E-state index contributed by atoms with van der Waals surface area (Å²) in [7, 11) is 1.67. The number of guanidine groups is 1. The second kappa shape index (κ2) is 8.46. The molecule has 0 saturated carbocycles. The van der Waals surface area contributed by atoms with Gasteiger partial charge in [-0.2, -0.15) is 18.3 Å². The molecule has 1 atom stereocenters. The third-order valence-electron chi connectivity index (χ3n) is 4.43. The molecule has 7 nitrogen and oxygen atoms in total. The van der Waals surface area contributed by atoms with Crippen molar-refractivity contribution in [2.75, 3.05) is 13.6 Å². The number of nitrogens with one attached hydrogen (secondary N) is 2. The van der Waals surface area contributed by atoms with Crippen molar-refractivity contribution in [3.63, 3.8) is 0 Å². The lowest BCUT2D eigenvalue weighted by Gasteiger charge is -2.25. The van der Waals surface area contributed by atoms with Gasteiger partial charge in [0.2, 0.25) is 0 Å². The van der Waals surface area contributed by atoms with E-state index in [1.807, 2.05) is 4.68 Å². The molecule has 3 rings (SSSR count). The highest BCUT2D eigenvalue weighted by Crippen LogP contribution is 2.30. The maximum Gasteiger partial charge on any atom is 0.434 e. The molecular formula is C17H24F3N7S. The van der Waals surface area contributed by atoms with E-state index in [-0.39, 0.29) is 6.04 Å². The lowest BCUT2D eigenvalue weighted by Crippen LogP contribution is -2.47. The molecule has 0 bridgehead atoms. The highest BCUT2D eigenvalue weighted by atomic mass is 32.1. The first kappa shape index (κ1) is 20.6. The predicted octanol–water partition coefficient (Wildman–Crippen LogP) is 2.60. The molecule has 0 spiro atoms. The Balaban J connectivity index is 1.49. The van der Waals surface area contributed by atoms with Crippen molar-refractivity contribution in [1.29, 1.82) is 0 Å². The molecule has 1 aliphatic rings. The Kier molecular flexibility index (Phi) is 6.21. The summed E-state index contributed by atoms with van der Waals surface area (Å²) in [5, 5.41) is 12.6. The molecule has 2 aromatic rings. The number of nitrogens with zero attached hydrogens (tertiary/aromatic N) is 5. The monoisotopic (exact) mass is 415 g/mol. The van der Waals surface area contributed by atoms with Gasteiger partial charge in [-0.05, 0) is 6.42 Å². The van der Waals surface area contributed by atoms with Gasteiger partial charge >= 0.3 is 6.18 Å². The van der Waals surface area contributed by atoms with Gasteiger partial charge in [-0.25, -0.2) is 14.6 Å². The first-order valence-corrected chi connectivity index (χ1v) is 10.1. The van der Waals surface area contributed by atoms with Gasteiger partial charge in [0.05, 0.1) is 11.6 Å². The zero-order valence-corrected chi connectivity index (χ0v) is 16.9. The van der Waals surface area contributed by atoms with Crippen molar-refractivity contribution in [2.45, 2.75) is 57.8 Å². The molecule has 0 aliphatic carbocycles. The summed E-state index contributed by atoms with van der Waals surface area (Å²) in [6, 6.07) is 0.164. The quantitative estimate of drug-likeness (QED) is 0.580. The zero-order chi connectivity index (χ0) is 20.3. The number of hydrogen-bond donors (Lipinski definition) is 2. The largest absolute Gasteiger partial charge is 0.434 e. The van der Waals surface area contributed by atoms with Crippen molar-refractivity contribution in [2.24, 2.45) is 4.99 Å². The Morgan fingerprint density at radius 2 is 2.18 bits per heavy atom. The van der Waals surface area contributed by atoms with Crippen LogP contribution in [0, 0.1) is 0 Å². The first-order valence-electron chi connectivity index (χ1n) is 9.18. The van der Waals surface area contributed by atoms with E-state index >= 15 is 0 Å². The van der Waals surface area contributed by atoms with Gasteiger partial charge in [0.15, 0.2) is 17.5 Å². The van der Waals surface area contributed by atoms with Crippen molar-refractivity contribution in [1.82, 2.24) is 30.4 Å². The third kappa shape index (κ3) is 5.00. The number of thiazole rings is 1. The van der Waals surface area contributed by atoms with E-state index in [2.05, 4.69) is 44.5 Å². The molecular weight excluding hydrogens is 391 g/mol. The Labute approximate surface area is 165 Å². The maximum atomic E-state index is 12.6. The summed E-state index contributed by atoms with van der Waals surface area (Å²) in [6.45, 7) is 5.30. The van der Waals surface area contributed by atoms with Crippen LogP contribution in [0.1, 0.15) is 48.5 Å². The number of hydrogen-bond acceptors (Lipinski definition) is 5. The summed E-state index contributed by atoms with van der Waals surface area (Å²) in [5.74, 6) is 2.78. The van der Waals surface area contributed by atoms with Crippen molar-refractivity contribution >= 4 is 17.3 Å². The molecule has 1 unspecified atom stereocenters. The van der Waals surface area contributed by atoms with E-state index in [4.69, 9.17) is 0 Å². The number of halogens is 3. The lowest BCUT2D eigenvalue weighted by molar-refractivity contribution is -0.140. The number of aromatic nitrogens is 4. The van der Waals surface area contributed by atoms with Crippen molar-refractivity contribution < 1.29 is 13.2 Å². The third-order valence-corrected chi connectivity index (χ3v) is 5.34. The second-order valence-corrected chi connectivity index (χ2v) is 7.92. The van der Waals surface area contributed by atoms with Gasteiger partial charge in [-0.3, -0.25) is 4.99 Å². The van der Waals surface area contributed by atoms with Gasteiger partial charge in [0, 0.05) is 43.8 Å². The first-order chi connectivity index (χ1) is 13.3. The van der Waals surface area contributed by atoms with Crippen molar-refractivity contribution in [3.05, 3.63) is 27.7 Å². The fourth-order valence-corrected chi connectivity index (χ4v) is 3.73. The maximum absolute atomic E-state index is 12.6. The molecule has 0 saturated heterocycles. The second-order valence-electron chi connectivity index (χ2n) is 6.98. The van der Waals surface area contributed by atoms with Crippen LogP contribution in [0.3, 0.4) is 0 Å². The van der Waals surface area contributed by atoms with Crippen LogP contribution in [0.15, 0.2) is 10.4 Å². The number of alkyl halides is 3. The van der Waals surface area contributed by atoms with E-state index in [1.54, 1.807) is 7.05 Å². The highest BCUT2D eigenvalue weighted by molar-refractivity contribution is 7.09. The summed E-state index contributed by atoms with van der Waals surface area (Å²) in [6.07, 6.45) is -2.24. The molecule has 2 aromatic heterocycles. The number of aliphatic imine (C=N–C) groups is 1. The van der Waals surface area contributed by atoms with E-state index in [1.165, 1.54) is 0 Å². The molecule has 0 radical (unpaired) electrons. The average molecular weight is 415 g/mol. The molecule has 3 heterocycles. The Bertz CT molecular complexity index is 825. The zero-order valence-electron chi connectivity index (χ0n) is 16.0. The minimum absolute atomic E-state index is 0.164. The predicted molar refractivity (Wildman–Crippen MR) is 102 cm³/mol. The smallest absolute Gasteiger partial charge is 0.356 e. The molecule has 2 N–H and O–H groups in total. The molecule has 28 heavy (non-hydrogen) atoms. The minimum atomic E-state index is -4.39. The molecule has 11 heteroatoms. The number of rotatable bonds is 5. The SMILES string of the molecule is CN=C(NCCc1nc(C(F)(F)F)cs1)NC1CCc2nc(C(C)C)nn2C1. The molecule has 154 valence electrons. The van der Waals surface area contributed by atoms with Gasteiger partial charge in [0.25, 0.3) is 0 Å². The molecule has 1 aliphatic heterocycles. The molecule has 0 amide bonds. The standard InChI is InChI=1S/C17H24F3N7S/c1-10(2)15-25-13-5-4-11(8-27(13)26-15)23-16(21-3)22-7-6-14-24-12(9-28-14)17(18,19)20/h9-11H,4-8H2,1-3H3,(H2,21,22,23). The number of aryl methyl sites for hydroxylation is 1. The van der Waals surface area contributed by atoms with Crippen LogP contribution in [0.25, 0.3) is 0 Å². The molecule has 0 fully saturated rings. The van der Waals surface area contributed by atoms with E-state index in [0.717, 1.165) is 41.2 Å². The van der Waals surface area contributed by atoms with Gasteiger partial charge in [0.1, 0.15) is 5.82 Å². The van der Waals surface area contributed by atoms with Crippen LogP contribution < -0.4 is 10.6 Å². The van der Waals surface area contributed by atoms with Crippen LogP contribution >= 0.6 is 11.3 Å². The Morgan fingerprint density at radius 1 is 1.39 bits per heavy atom. The van der Waals surface area contributed by atoms with Gasteiger partial charge in [-0.15, -0.1) is 11.3 Å². The normalized spacial score (nSPS) is 17.7. The van der Waals surface area contributed by atoms with Crippen LogP contribution in [-0.2, 0) is 25.6 Å². The Hall–Kier alpha value is -2.17. The van der Waals surface area contributed by atoms with Gasteiger partial charge < -0.3 is 10.6 Å². The summed E-state index contributed by atoms with van der Waals surface area (Å²) in [4.78, 5) is 12.4. The fraction of sp³-hybridized carbons (Fsp3) is 0.647. The average Bonchev–Trinajstić information content (AvgIpc) is 3.27. The molecule has 0 aromatic carbocycles. The van der Waals surface area contributed by atoms with Crippen LogP contribution in [0.4, 0.5) is 13.2 Å². The fourth-order valence-electron chi connectivity index (χ4n) is 2.92. The van der Waals surface area contributed by atoms with Crippen molar-refractivity contribution in [3.8, 4) is 0 Å². The topological polar surface area (TPSA) is 80.0 Å². The van der Waals surface area contributed by atoms with Crippen LogP contribution in [0.5, 0.6) is 0 Å². The Morgan fingerprint density at radius 3 is 2.82 bits per heavy atom.